The summed E-state index contributed by atoms with van der Waals surface area (Å²) in [6, 6.07) is 17.2. The average Bonchev–Trinajstić information content (AvgIpc) is 2.73. The van der Waals surface area contributed by atoms with Crippen LogP contribution in [-0.4, -0.2) is 17.0 Å². The van der Waals surface area contributed by atoms with Gasteiger partial charge in [-0.05, 0) is 59.7 Å². The number of rotatable bonds is 4. The Balaban J connectivity index is 1.76. The van der Waals surface area contributed by atoms with Crippen LogP contribution in [0.25, 0.3) is 11.1 Å². The molecule has 5 nitrogen and oxygen atoms in total. The van der Waals surface area contributed by atoms with Gasteiger partial charge in [0.05, 0.1) is 5.56 Å². The van der Waals surface area contributed by atoms with Gasteiger partial charge in [-0.15, -0.1) is 0 Å². The highest BCUT2D eigenvalue weighted by molar-refractivity contribution is 6.05. The number of hydroxylamine groups is 1. The molecule has 0 heterocycles. The molecule has 3 aromatic carbocycles. The first-order chi connectivity index (χ1) is 13.8. The fourth-order valence-electron chi connectivity index (χ4n) is 2.66. The SMILES string of the molecule is O=C(NO)c1ccc(-c2cccc(C(=O)Nc3ccc(C(F)(F)F)cc3)c2)cc1. The van der Waals surface area contributed by atoms with Gasteiger partial charge in [0.1, 0.15) is 0 Å². The Morgan fingerprint density at radius 3 is 2.00 bits per heavy atom. The maximum Gasteiger partial charge on any atom is 0.416 e. The predicted molar refractivity (Wildman–Crippen MR) is 101 cm³/mol. The van der Waals surface area contributed by atoms with Crippen molar-refractivity contribution < 1.29 is 28.0 Å². The van der Waals surface area contributed by atoms with E-state index < -0.39 is 23.6 Å². The zero-order chi connectivity index (χ0) is 21.0. The van der Waals surface area contributed by atoms with Gasteiger partial charge in [-0.1, -0.05) is 24.3 Å². The monoisotopic (exact) mass is 400 g/mol. The second-order valence-corrected chi connectivity index (χ2v) is 6.13. The standard InChI is InChI=1S/C21H15F3N2O3/c22-21(23,24)17-8-10-18(11-9-17)25-19(27)16-3-1-2-15(12-16)13-4-6-14(7-5-13)20(28)26-29/h1-12,29H,(H,25,27)(H,26,28). The van der Waals surface area contributed by atoms with Crippen LogP contribution in [0.1, 0.15) is 26.3 Å². The van der Waals surface area contributed by atoms with Crippen molar-refractivity contribution in [1.29, 1.82) is 0 Å². The molecule has 0 bridgehead atoms. The van der Waals surface area contributed by atoms with Crippen LogP contribution in [0.4, 0.5) is 18.9 Å². The lowest BCUT2D eigenvalue weighted by molar-refractivity contribution is -0.137. The minimum absolute atomic E-state index is 0.243. The number of carbonyl (C=O) groups is 2. The second-order valence-electron chi connectivity index (χ2n) is 6.13. The van der Waals surface area contributed by atoms with Gasteiger partial charge in [0, 0.05) is 16.8 Å². The van der Waals surface area contributed by atoms with Crippen LogP contribution in [0, 0.1) is 0 Å². The third kappa shape index (κ3) is 4.80. The zero-order valence-electron chi connectivity index (χ0n) is 14.8. The lowest BCUT2D eigenvalue weighted by atomic mass is 10.0. The summed E-state index contributed by atoms with van der Waals surface area (Å²) in [7, 11) is 0. The van der Waals surface area contributed by atoms with E-state index in [4.69, 9.17) is 5.21 Å². The van der Waals surface area contributed by atoms with E-state index in [-0.39, 0.29) is 11.3 Å². The minimum atomic E-state index is -4.44. The van der Waals surface area contributed by atoms with Crippen molar-refractivity contribution >= 4 is 17.5 Å². The van der Waals surface area contributed by atoms with E-state index >= 15 is 0 Å². The molecule has 0 radical (unpaired) electrons. The van der Waals surface area contributed by atoms with Gasteiger partial charge in [-0.25, -0.2) is 5.48 Å². The topological polar surface area (TPSA) is 78.4 Å². The summed E-state index contributed by atoms with van der Waals surface area (Å²) in [4.78, 5) is 23.8. The summed E-state index contributed by atoms with van der Waals surface area (Å²) in [5, 5.41) is 11.2. The van der Waals surface area contributed by atoms with E-state index in [0.29, 0.717) is 11.1 Å². The first kappa shape index (κ1) is 20.1. The molecule has 0 fully saturated rings. The van der Waals surface area contributed by atoms with Crippen LogP contribution >= 0.6 is 0 Å². The number of carbonyl (C=O) groups excluding carboxylic acids is 2. The number of halogens is 3. The van der Waals surface area contributed by atoms with Crippen LogP contribution in [0.2, 0.25) is 0 Å². The highest BCUT2D eigenvalue weighted by Gasteiger charge is 2.30. The number of hydrogen-bond acceptors (Lipinski definition) is 3. The molecule has 0 spiro atoms. The normalized spacial score (nSPS) is 11.0. The highest BCUT2D eigenvalue weighted by Crippen LogP contribution is 2.30. The summed E-state index contributed by atoms with van der Waals surface area (Å²) in [5.41, 5.74) is 3.03. The van der Waals surface area contributed by atoms with Crippen LogP contribution in [0.5, 0.6) is 0 Å². The molecule has 8 heteroatoms. The van der Waals surface area contributed by atoms with Crippen molar-refractivity contribution in [2.24, 2.45) is 0 Å². The van der Waals surface area contributed by atoms with Crippen molar-refractivity contribution in [3.05, 3.63) is 89.5 Å². The third-order valence-corrected chi connectivity index (χ3v) is 4.18. The van der Waals surface area contributed by atoms with Crippen LogP contribution in [0.3, 0.4) is 0 Å². The molecule has 0 saturated carbocycles. The first-order valence-electron chi connectivity index (χ1n) is 8.41. The van der Waals surface area contributed by atoms with E-state index in [0.717, 1.165) is 17.7 Å². The molecular formula is C21H15F3N2O3. The van der Waals surface area contributed by atoms with Gasteiger partial charge < -0.3 is 5.32 Å². The Hall–Kier alpha value is -3.65. The van der Waals surface area contributed by atoms with E-state index in [1.807, 2.05) is 0 Å². The number of amides is 2. The van der Waals surface area contributed by atoms with Crippen LogP contribution in [0.15, 0.2) is 72.8 Å². The van der Waals surface area contributed by atoms with Crippen molar-refractivity contribution in [2.75, 3.05) is 5.32 Å². The molecule has 2 amide bonds. The summed E-state index contributed by atoms with van der Waals surface area (Å²) in [6.45, 7) is 0. The van der Waals surface area contributed by atoms with Gasteiger partial charge in [-0.3, -0.25) is 14.8 Å². The smallest absolute Gasteiger partial charge is 0.322 e. The van der Waals surface area contributed by atoms with Crippen LogP contribution in [-0.2, 0) is 6.18 Å². The second kappa shape index (κ2) is 8.15. The van der Waals surface area contributed by atoms with Gasteiger partial charge in [0.15, 0.2) is 0 Å². The molecule has 148 valence electrons. The van der Waals surface area contributed by atoms with Crippen molar-refractivity contribution in [1.82, 2.24) is 5.48 Å². The zero-order valence-corrected chi connectivity index (χ0v) is 14.8. The fourth-order valence-corrected chi connectivity index (χ4v) is 2.66. The van der Waals surface area contributed by atoms with E-state index in [2.05, 4.69) is 5.32 Å². The highest BCUT2D eigenvalue weighted by atomic mass is 19.4. The Labute approximate surface area is 163 Å². The fraction of sp³-hybridized carbons (Fsp3) is 0.0476. The maximum atomic E-state index is 12.6. The molecule has 0 unspecified atom stereocenters. The quantitative estimate of drug-likeness (QED) is 0.437. The van der Waals surface area contributed by atoms with Gasteiger partial charge in [0.2, 0.25) is 0 Å². The average molecular weight is 400 g/mol. The third-order valence-electron chi connectivity index (χ3n) is 4.18. The van der Waals surface area contributed by atoms with E-state index in [1.54, 1.807) is 41.9 Å². The molecule has 29 heavy (non-hydrogen) atoms. The minimum Gasteiger partial charge on any atom is -0.322 e. The molecule has 3 aromatic rings. The van der Waals surface area contributed by atoms with Gasteiger partial charge in [0.25, 0.3) is 11.8 Å². The van der Waals surface area contributed by atoms with Crippen molar-refractivity contribution in [3.8, 4) is 11.1 Å². The summed E-state index contributed by atoms with van der Waals surface area (Å²) >= 11 is 0. The lowest BCUT2D eigenvalue weighted by Gasteiger charge is -2.10. The summed E-state index contributed by atoms with van der Waals surface area (Å²) in [5.74, 6) is -1.11. The Morgan fingerprint density at radius 2 is 1.41 bits per heavy atom. The molecule has 3 N–H and O–H groups in total. The number of hydrogen-bond donors (Lipinski definition) is 3. The predicted octanol–water partition coefficient (Wildman–Crippen LogP) is 4.74. The molecular weight excluding hydrogens is 385 g/mol. The molecule has 0 aliphatic rings. The molecule has 3 rings (SSSR count). The molecule has 0 aliphatic carbocycles. The Kier molecular flexibility index (Phi) is 5.65. The maximum absolute atomic E-state index is 12.6. The molecule has 0 aromatic heterocycles. The first-order valence-corrected chi connectivity index (χ1v) is 8.41. The van der Waals surface area contributed by atoms with Crippen molar-refractivity contribution in [2.45, 2.75) is 6.18 Å². The number of anilines is 1. The molecule has 0 saturated heterocycles. The van der Waals surface area contributed by atoms with E-state index in [9.17, 15) is 22.8 Å². The molecule has 0 atom stereocenters. The number of benzene rings is 3. The Bertz CT molecular complexity index is 1030. The summed E-state index contributed by atoms with van der Waals surface area (Å²) in [6.07, 6.45) is -4.44. The van der Waals surface area contributed by atoms with Gasteiger partial charge in [-0.2, -0.15) is 13.2 Å². The largest absolute Gasteiger partial charge is 0.416 e. The summed E-state index contributed by atoms with van der Waals surface area (Å²) < 4.78 is 37.9. The van der Waals surface area contributed by atoms with E-state index in [1.165, 1.54) is 24.3 Å². The van der Waals surface area contributed by atoms with Crippen molar-refractivity contribution in [3.63, 3.8) is 0 Å². The number of alkyl halides is 3. The van der Waals surface area contributed by atoms with Gasteiger partial charge >= 0.3 is 6.18 Å². The Morgan fingerprint density at radius 1 is 0.759 bits per heavy atom. The lowest BCUT2D eigenvalue weighted by Crippen LogP contribution is -2.18. The molecule has 0 aliphatic heterocycles. The number of nitrogens with one attached hydrogen (secondary N) is 2. The van der Waals surface area contributed by atoms with Crippen LogP contribution < -0.4 is 10.8 Å².